The Hall–Kier alpha value is -0.0400. The van der Waals surface area contributed by atoms with E-state index in [4.69, 9.17) is 0 Å². The van der Waals surface area contributed by atoms with E-state index in [9.17, 15) is 0 Å². The summed E-state index contributed by atoms with van der Waals surface area (Å²) in [6.07, 6.45) is 10.8. The summed E-state index contributed by atoms with van der Waals surface area (Å²) in [7, 11) is 0. The van der Waals surface area contributed by atoms with Crippen LogP contribution in [0.1, 0.15) is 58.8 Å². The first kappa shape index (κ1) is 11.4. The van der Waals surface area contributed by atoms with E-state index >= 15 is 0 Å². The molecule has 0 aromatic rings. The van der Waals surface area contributed by atoms with Crippen molar-refractivity contribution in [1.82, 2.24) is 6.15 Å². The predicted molar refractivity (Wildman–Crippen MR) is 65.1 cm³/mol. The lowest BCUT2D eigenvalue weighted by atomic mass is 9.45. The number of rotatable bonds is 2. The van der Waals surface area contributed by atoms with Gasteiger partial charge in [0.25, 0.3) is 0 Å². The van der Waals surface area contributed by atoms with E-state index in [-0.39, 0.29) is 6.15 Å². The first-order valence-corrected chi connectivity index (χ1v) is 6.71. The lowest BCUT2D eigenvalue weighted by Gasteiger charge is -2.60. The van der Waals surface area contributed by atoms with Gasteiger partial charge in [-0.1, -0.05) is 20.3 Å². The fraction of sp³-hybridized carbons (Fsp3) is 1.00. The van der Waals surface area contributed by atoms with Gasteiger partial charge in [0, 0.05) is 0 Å². The van der Waals surface area contributed by atoms with Crippen LogP contribution in [0.25, 0.3) is 0 Å². The van der Waals surface area contributed by atoms with Crippen molar-refractivity contribution < 1.29 is 0 Å². The second-order valence-corrected chi connectivity index (χ2v) is 6.66. The van der Waals surface area contributed by atoms with Gasteiger partial charge in [0.05, 0.1) is 0 Å². The van der Waals surface area contributed by atoms with Crippen molar-refractivity contribution in [2.24, 2.45) is 29.1 Å². The molecule has 4 saturated carbocycles. The summed E-state index contributed by atoms with van der Waals surface area (Å²) in [5.41, 5.74) is 0.769. The number of hydrogen-bond donors (Lipinski definition) is 1. The van der Waals surface area contributed by atoms with Crippen LogP contribution in [0.15, 0.2) is 0 Å². The molecule has 0 saturated heterocycles. The lowest BCUT2D eigenvalue weighted by molar-refractivity contribution is -0.101. The third-order valence-corrected chi connectivity index (χ3v) is 5.51. The molecule has 3 unspecified atom stereocenters. The molecule has 0 radical (unpaired) electrons. The zero-order valence-electron chi connectivity index (χ0n) is 10.5. The molecule has 3 atom stereocenters. The van der Waals surface area contributed by atoms with Gasteiger partial charge in [-0.15, -0.1) is 0 Å². The first-order valence-electron chi connectivity index (χ1n) is 6.71. The van der Waals surface area contributed by atoms with E-state index in [0.29, 0.717) is 0 Å². The van der Waals surface area contributed by atoms with E-state index in [1.54, 1.807) is 32.1 Å². The van der Waals surface area contributed by atoms with Crippen LogP contribution in [0.4, 0.5) is 0 Å². The highest BCUT2D eigenvalue weighted by atomic mass is 14.6. The van der Waals surface area contributed by atoms with E-state index in [0.717, 1.165) is 29.1 Å². The van der Waals surface area contributed by atoms with Crippen molar-refractivity contribution in [1.29, 1.82) is 0 Å². The van der Waals surface area contributed by atoms with Gasteiger partial charge in [0.15, 0.2) is 0 Å². The van der Waals surface area contributed by atoms with Crippen molar-refractivity contribution in [3.63, 3.8) is 0 Å². The lowest BCUT2D eigenvalue weighted by Crippen LogP contribution is -2.51. The first-order chi connectivity index (χ1) is 6.71. The molecule has 0 aromatic carbocycles. The minimum Gasteiger partial charge on any atom is -0.344 e. The molecular formula is C14H27N. The fourth-order valence-corrected chi connectivity index (χ4v) is 5.45. The van der Waals surface area contributed by atoms with Crippen molar-refractivity contribution in [3.8, 4) is 0 Å². The second kappa shape index (κ2) is 3.76. The molecule has 0 spiro atoms. The van der Waals surface area contributed by atoms with Crippen LogP contribution in [0.5, 0.6) is 0 Å². The highest BCUT2D eigenvalue weighted by Gasteiger charge is 2.53. The van der Waals surface area contributed by atoms with Gasteiger partial charge >= 0.3 is 0 Å². The van der Waals surface area contributed by atoms with Crippen LogP contribution in [0.3, 0.4) is 0 Å². The molecule has 4 aliphatic rings. The average Bonchev–Trinajstić information content (AvgIpc) is 2.09. The van der Waals surface area contributed by atoms with Crippen molar-refractivity contribution in [2.75, 3.05) is 0 Å². The smallest absolute Gasteiger partial charge is 0.0290 e. The van der Waals surface area contributed by atoms with Gasteiger partial charge < -0.3 is 6.15 Å². The Morgan fingerprint density at radius 1 is 1.07 bits per heavy atom. The minimum atomic E-state index is 0. The van der Waals surface area contributed by atoms with Gasteiger partial charge in [0.2, 0.25) is 0 Å². The third-order valence-electron chi connectivity index (χ3n) is 5.51. The summed E-state index contributed by atoms with van der Waals surface area (Å²) in [5.74, 6) is 4.49. The Morgan fingerprint density at radius 2 is 1.67 bits per heavy atom. The monoisotopic (exact) mass is 209 g/mol. The SMILES string of the molecule is CCCC1C2CC3CC(C2)CC1(C)C3.N. The van der Waals surface area contributed by atoms with Gasteiger partial charge in [-0.2, -0.15) is 0 Å². The van der Waals surface area contributed by atoms with Crippen molar-refractivity contribution >= 4 is 0 Å². The Kier molecular flexibility index (Phi) is 2.87. The molecule has 4 fully saturated rings. The summed E-state index contributed by atoms with van der Waals surface area (Å²) < 4.78 is 0. The summed E-state index contributed by atoms with van der Waals surface area (Å²) in [5, 5.41) is 0. The molecule has 4 aliphatic carbocycles. The fourth-order valence-electron chi connectivity index (χ4n) is 5.45. The maximum absolute atomic E-state index is 2.61. The Bertz CT molecular complexity index is 221. The van der Waals surface area contributed by atoms with Crippen molar-refractivity contribution in [2.45, 2.75) is 58.8 Å². The Morgan fingerprint density at radius 3 is 2.13 bits per heavy atom. The van der Waals surface area contributed by atoms with Crippen LogP contribution in [-0.4, -0.2) is 0 Å². The zero-order chi connectivity index (χ0) is 9.76. The quantitative estimate of drug-likeness (QED) is 0.718. The maximum Gasteiger partial charge on any atom is -0.0290 e. The van der Waals surface area contributed by atoms with Crippen LogP contribution < -0.4 is 6.15 Å². The van der Waals surface area contributed by atoms with Crippen LogP contribution in [-0.2, 0) is 0 Å². The molecule has 1 heteroatoms. The van der Waals surface area contributed by atoms with E-state index in [1.807, 2.05) is 0 Å². The predicted octanol–water partition coefficient (Wildman–Crippen LogP) is 4.41. The molecule has 0 aliphatic heterocycles. The highest BCUT2D eigenvalue weighted by Crippen LogP contribution is 2.63. The largest absolute Gasteiger partial charge is 0.344 e. The van der Waals surface area contributed by atoms with Gasteiger partial charge in [0.1, 0.15) is 0 Å². The molecule has 0 amide bonds. The summed E-state index contributed by atoms with van der Waals surface area (Å²) in [6, 6.07) is 0. The van der Waals surface area contributed by atoms with E-state index in [1.165, 1.54) is 12.8 Å². The van der Waals surface area contributed by atoms with Crippen LogP contribution >= 0.6 is 0 Å². The standard InChI is InChI=1S/C14H24.H3N/c1-3-4-13-12-6-10-5-11(7-12)9-14(13,2)8-10;/h10-13H,3-9H2,1-2H3;1H3. The van der Waals surface area contributed by atoms with Crippen molar-refractivity contribution in [3.05, 3.63) is 0 Å². The average molecular weight is 209 g/mol. The normalized spacial score (nSPS) is 51.6. The molecular weight excluding hydrogens is 182 g/mol. The second-order valence-electron chi connectivity index (χ2n) is 6.66. The van der Waals surface area contributed by atoms with E-state index < -0.39 is 0 Å². The van der Waals surface area contributed by atoms with Gasteiger partial charge in [-0.05, 0) is 67.6 Å². The summed E-state index contributed by atoms with van der Waals surface area (Å²) in [6.45, 7) is 4.98. The molecule has 1 nitrogen and oxygen atoms in total. The molecule has 4 rings (SSSR count). The molecule has 88 valence electrons. The molecule has 15 heavy (non-hydrogen) atoms. The molecule has 0 aromatic heterocycles. The molecule has 0 heterocycles. The summed E-state index contributed by atoms with van der Waals surface area (Å²) in [4.78, 5) is 0. The number of hydrogen-bond acceptors (Lipinski definition) is 1. The van der Waals surface area contributed by atoms with Gasteiger partial charge in [-0.3, -0.25) is 0 Å². The van der Waals surface area contributed by atoms with E-state index in [2.05, 4.69) is 13.8 Å². The Balaban J connectivity index is 0.000000853. The minimum absolute atomic E-state index is 0. The van der Waals surface area contributed by atoms with Crippen LogP contribution in [0, 0.1) is 29.1 Å². The molecule has 4 bridgehead atoms. The highest BCUT2D eigenvalue weighted by molar-refractivity contribution is 5.03. The molecule has 3 N–H and O–H groups in total. The maximum atomic E-state index is 2.61. The zero-order valence-corrected chi connectivity index (χ0v) is 10.5. The topological polar surface area (TPSA) is 35.0 Å². The third kappa shape index (κ3) is 1.63. The van der Waals surface area contributed by atoms with Gasteiger partial charge in [-0.25, -0.2) is 0 Å². The van der Waals surface area contributed by atoms with Crippen LogP contribution in [0.2, 0.25) is 0 Å². The summed E-state index contributed by atoms with van der Waals surface area (Å²) >= 11 is 0. The Labute approximate surface area is 94.6 Å².